The quantitative estimate of drug-likeness (QED) is 0.186. The van der Waals surface area contributed by atoms with E-state index < -0.39 is 11.2 Å². The highest BCUT2D eigenvalue weighted by Gasteiger charge is 2.38. The van der Waals surface area contributed by atoms with Crippen LogP contribution in [0.2, 0.25) is 0 Å². The molecule has 6 aromatic rings. The summed E-state index contributed by atoms with van der Waals surface area (Å²) in [5.74, 6) is 0. The molecule has 0 unspecified atom stereocenters. The van der Waals surface area contributed by atoms with Gasteiger partial charge < -0.3 is 9.39 Å². The largest absolute Gasteiger partial charge is 0.427 e. The Morgan fingerprint density at radius 3 is 1.52 bits per heavy atom. The van der Waals surface area contributed by atoms with Gasteiger partial charge in [0.25, 0.3) is 0 Å². The molecular formula is C39H34BO2. The van der Waals surface area contributed by atoms with Crippen LogP contribution in [0.5, 0.6) is 0 Å². The molecule has 205 valence electrons. The zero-order valence-corrected chi connectivity index (χ0v) is 24.9. The van der Waals surface area contributed by atoms with E-state index in [-0.39, 0.29) is 0 Å². The number of hydrogen-bond acceptors (Lipinski definition) is 2. The second-order valence-corrected chi connectivity index (χ2v) is 12.2. The Morgan fingerprint density at radius 1 is 0.476 bits per heavy atom. The van der Waals surface area contributed by atoms with Crippen LogP contribution in [0.3, 0.4) is 0 Å². The fraction of sp³-hybridized carbons (Fsp3) is 0.179. The van der Waals surface area contributed by atoms with Crippen LogP contribution in [0.1, 0.15) is 27.7 Å². The van der Waals surface area contributed by atoms with Gasteiger partial charge in [0, 0.05) is 7.11 Å². The smallest absolute Gasteiger partial charge is 0.331 e. The fourth-order valence-corrected chi connectivity index (χ4v) is 6.33. The van der Waals surface area contributed by atoms with Gasteiger partial charge in [-0.3, -0.25) is 0 Å². The zero-order chi connectivity index (χ0) is 29.1. The molecule has 0 aromatic heterocycles. The van der Waals surface area contributed by atoms with Crippen LogP contribution >= 0.6 is 0 Å². The van der Waals surface area contributed by atoms with Crippen LogP contribution in [0.25, 0.3) is 66.1 Å². The minimum Gasteiger partial charge on any atom is -0.427 e. The molecule has 2 nitrogen and oxygen atoms in total. The molecule has 6 aromatic carbocycles. The van der Waals surface area contributed by atoms with Crippen molar-refractivity contribution in [3.63, 3.8) is 0 Å². The summed E-state index contributed by atoms with van der Waals surface area (Å²) in [5.41, 5.74) is 10.3. The molecular weight excluding hydrogens is 511 g/mol. The van der Waals surface area contributed by atoms with E-state index in [1.54, 1.807) is 7.11 Å². The van der Waals surface area contributed by atoms with Crippen LogP contribution in [0.15, 0.2) is 115 Å². The van der Waals surface area contributed by atoms with E-state index in [0.717, 1.165) is 5.46 Å². The van der Waals surface area contributed by atoms with E-state index in [1.807, 2.05) is 7.48 Å². The van der Waals surface area contributed by atoms with Crippen LogP contribution in [0, 0.1) is 0 Å². The average molecular weight is 546 g/mol. The maximum absolute atomic E-state index is 6.46. The van der Waals surface area contributed by atoms with Crippen LogP contribution in [0.4, 0.5) is 0 Å². The Hall–Kier alpha value is -4.18. The van der Waals surface area contributed by atoms with Crippen LogP contribution < -0.4 is 5.46 Å². The van der Waals surface area contributed by atoms with E-state index >= 15 is 0 Å². The van der Waals surface area contributed by atoms with E-state index in [2.05, 4.69) is 143 Å². The Labute approximate surface area is 249 Å². The molecule has 0 bridgehead atoms. The van der Waals surface area contributed by atoms with E-state index in [4.69, 9.17) is 9.39 Å². The van der Waals surface area contributed by atoms with Crippen molar-refractivity contribution in [3.05, 3.63) is 115 Å². The predicted octanol–water partition coefficient (Wildman–Crippen LogP) is 9.44. The molecule has 1 aliphatic rings. The normalized spacial score (nSPS) is 12.6. The average Bonchev–Trinajstić information content (AvgIpc) is 3.35. The summed E-state index contributed by atoms with van der Waals surface area (Å²) in [5, 5.41) is 5.00. The van der Waals surface area contributed by atoms with Gasteiger partial charge in [-0.25, -0.2) is 0 Å². The molecule has 1 aliphatic carbocycles. The highest BCUT2D eigenvalue weighted by Crippen LogP contribution is 2.57. The molecule has 0 aliphatic heterocycles. The Bertz CT molecular complexity index is 1860. The van der Waals surface area contributed by atoms with E-state index in [1.165, 1.54) is 66.1 Å². The lowest BCUT2D eigenvalue weighted by Gasteiger charge is -2.40. The van der Waals surface area contributed by atoms with Crippen LogP contribution in [-0.4, -0.2) is 25.8 Å². The third-order valence-corrected chi connectivity index (χ3v) is 9.39. The predicted molar refractivity (Wildman–Crippen MR) is 178 cm³/mol. The van der Waals surface area contributed by atoms with Crippen molar-refractivity contribution in [2.75, 3.05) is 7.11 Å². The van der Waals surface area contributed by atoms with E-state index in [9.17, 15) is 0 Å². The summed E-state index contributed by atoms with van der Waals surface area (Å²) in [4.78, 5) is 0. The van der Waals surface area contributed by atoms with Crippen molar-refractivity contribution in [3.8, 4) is 44.5 Å². The molecule has 0 fully saturated rings. The molecule has 0 atom stereocenters. The number of fused-ring (bicyclic) bond motifs is 4. The molecule has 0 heterocycles. The topological polar surface area (TPSA) is 18.5 Å². The number of benzene rings is 6. The van der Waals surface area contributed by atoms with Crippen molar-refractivity contribution in [2.45, 2.75) is 38.9 Å². The standard InChI is InChI=1S/C39H34BO2/c1-38(2,41-5)39(3,4)42-40-32-24-23-31-35-29(32)21-14-22-30(35)36-33(25-15-8-6-9-16-25)27-19-12-13-20-28(27)34(37(31)36)26-17-10-7-11-18-26/h6-24H,1-5H3. The summed E-state index contributed by atoms with van der Waals surface area (Å²) in [7, 11) is 3.65. The molecule has 0 saturated heterocycles. The van der Waals surface area contributed by atoms with Gasteiger partial charge >= 0.3 is 7.48 Å². The summed E-state index contributed by atoms with van der Waals surface area (Å²) < 4.78 is 12.2. The van der Waals surface area contributed by atoms with Crippen molar-refractivity contribution in [1.82, 2.24) is 0 Å². The Morgan fingerprint density at radius 2 is 0.976 bits per heavy atom. The highest BCUT2D eigenvalue weighted by atomic mass is 16.5. The van der Waals surface area contributed by atoms with Gasteiger partial charge in [-0.1, -0.05) is 115 Å². The minimum absolute atomic E-state index is 0.454. The molecule has 0 amide bonds. The summed E-state index contributed by atoms with van der Waals surface area (Å²) >= 11 is 0. The molecule has 0 saturated carbocycles. The summed E-state index contributed by atoms with van der Waals surface area (Å²) in [6.45, 7) is 8.27. The van der Waals surface area contributed by atoms with Gasteiger partial charge in [0.1, 0.15) is 0 Å². The SMILES string of the molecule is COC(C)(C)C(C)(C)O[B]c1ccc2c3c(cccc13)-c1c-2c(-c2ccccc2)c2ccccc2c1-c1ccccc1. The molecule has 1 radical (unpaired) electrons. The van der Waals surface area contributed by atoms with Gasteiger partial charge in [-0.05, 0) is 99.2 Å². The third-order valence-electron chi connectivity index (χ3n) is 9.39. The molecule has 7 rings (SSSR count). The monoisotopic (exact) mass is 545 g/mol. The maximum Gasteiger partial charge on any atom is 0.331 e. The maximum atomic E-state index is 6.46. The lowest BCUT2D eigenvalue weighted by Crippen LogP contribution is -2.50. The first-order valence-electron chi connectivity index (χ1n) is 14.6. The van der Waals surface area contributed by atoms with E-state index in [0.29, 0.717) is 0 Å². The molecule has 0 N–H and O–H groups in total. The van der Waals surface area contributed by atoms with Crippen LogP contribution in [-0.2, 0) is 9.39 Å². The first-order chi connectivity index (χ1) is 20.3. The van der Waals surface area contributed by atoms with Crippen molar-refractivity contribution < 1.29 is 9.39 Å². The first-order valence-corrected chi connectivity index (χ1v) is 14.6. The third kappa shape index (κ3) is 4.03. The van der Waals surface area contributed by atoms with Crippen molar-refractivity contribution in [1.29, 1.82) is 0 Å². The number of rotatable bonds is 7. The van der Waals surface area contributed by atoms with Gasteiger partial charge in [0.05, 0.1) is 11.2 Å². The van der Waals surface area contributed by atoms with Gasteiger partial charge in [0.15, 0.2) is 0 Å². The number of hydrogen-bond donors (Lipinski definition) is 0. The fourth-order valence-electron chi connectivity index (χ4n) is 6.33. The molecule has 0 spiro atoms. The van der Waals surface area contributed by atoms with Gasteiger partial charge in [-0.15, -0.1) is 0 Å². The lowest BCUT2D eigenvalue weighted by atomic mass is 9.79. The van der Waals surface area contributed by atoms with Gasteiger partial charge in [-0.2, -0.15) is 0 Å². The first kappa shape index (κ1) is 26.7. The highest BCUT2D eigenvalue weighted by molar-refractivity contribution is 6.52. The lowest BCUT2D eigenvalue weighted by molar-refractivity contribution is -0.114. The number of ether oxygens (including phenoxy) is 1. The zero-order valence-electron chi connectivity index (χ0n) is 24.9. The number of methoxy groups -OCH3 is 1. The Balaban J connectivity index is 1.53. The second-order valence-electron chi connectivity index (χ2n) is 12.2. The minimum atomic E-state index is -0.522. The molecule has 3 heteroatoms. The summed E-state index contributed by atoms with van der Waals surface area (Å²) in [6, 6.07) is 41.7. The second kappa shape index (κ2) is 9.98. The Kier molecular flexibility index (Phi) is 6.34. The summed E-state index contributed by atoms with van der Waals surface area (Å²) in [6.07, 6.45) is 0. The van der Waals surface area contributed by atoms with Crippen molar-refractivity contribution in [2.24, 2.45) is 0 Å². The molecule has 42 heavy (non-hydrogen) atoms. The van der Waals surface area contributed by atoms with Crippen molar-refractivity contribution >= 4 is 34.5 Å². The van der Waals surface area contributed by atoms with Gasteiger partial charge in [0.2, 0.25) is 0 Å².